The molecule has 4 heterocycles. The highest BCUT2D eigenvalue weighted by Gasteiger charge is 2.43. The zero-order valence-corrected chi connectivity index (χ0v) is 23.5. The van der Waals surface area contributed by atoms with E-state index in [0.29, 0.717) is 48.2 Å². The number of fused-ring (bicyclic) bond motifs is 2. The smallest absolute Gasteiger partial charge is 0.390 e. The van der Waals surface area contributed by atoms with E-state index in [0.717, 1.165) is 36.5 Å². The van der Waals surface area contributed by atoms with Gasteiger partial charge in [-0.2, -0.15) is 13.2 Å². The number of rotatable bonds is 6. The lowest BCUT2D eigenvalue weighted by molar-refractivity contribution is -0.138. The van der Waals surface area contributed by atoms with Crippen molar-refractivity contribution in [3.63, 3.8) is 0 Å². The number of hydrogen-bond acceptors (Lipinski definition) is 7. The zero-order chi connectivity index (χ0) is 30.6. The number of carbonyl (C=O) groups excluding carboxylic acids is 1. The number of carbonyl (C=O) groups is 1. The molecule has 2 saturated heterocycles. The average molecular weight is 609 g/mol. The molecule has 1 saturated carbocycles. The van der Waals surface area contributed by atoms with E-state index in [1.807, 2.05) is 17.0 Å². The van der Waals surface area contributed by atoms with Gasteiger partial charge in [0.2, 0.25) is 5.95 Å². The molecule has 228 valence electrons. The van der Waals surface area contributed by atoms with Crippen LogP contribution in [0.3, 0.4) is 0 Å². The number of likely N-dealkylation sites (tertiary alicyclic amines) is 1. The fraction of sp³-hybridized carbons (Fsp3) is 0.387. The van der Waals surface area contributed by atoms with E-state index in [1.54, 1.807) is 23.1 Å². The van der Waals surface area contributed by atoms with Crippen LogP contribution in [0.5, 0.6) is 0 Å². The van der Waals surface area contributed by atoms with Crippen LogP contribution in [0.4, 0.5) is 23.5 Å². The lowest BCUT2D eigenvalue weighted by atomic mass is 9.97. The van der Waals surface area contributed by atoms with Crippen LogP contribution in [0.25, 0.3) is 10.8 Å². The van der Waals surface area contributed by atoms with E-state index in [1.165, 1.54) is 12.1 Å². The number of amides is 1. The summed E-state index contributed by atoms with van der Waals surface area (Å²) in [5.41, 5.74) is -0.0608. The monoisotopic (exact) mass is 608 g/mol. The summed E-state index contributed by atoms with van der Waals surface area (Å²) in [7, 11) is 0. The van der Waals surface area contributed by atoms with Gasteiger partial charge >= 0.3 is 11.7 Å². The maximum atomic E-state index is 15.0. The summed E-state index contributed by atoms with van der Waals surface area (Å²) in [5, 5.41) is 5.63. The molecule has 0 N–H and O–H groups in total. The predicted octanol–water partition coefficient (Wildman–Crippen LogP) is 4.12. The third-order valence-electron chi connectivity index (χ3n) is 8.81. The number of nitrogens with zero attached hydrogens (tertiary/aromatic N) is 6. The van der Waals surface area contributed by atoms with E-state index in [4.69, 9.17) is 4.84 Å². The van der Waals surface area contributed by atoms with E-state index in [2.05, 4.69) is 15.1 Å². The maximum Gasteiger partial charge on any atom is 0.419 e. The highest BCUT2D eigenvalue weighted by Crippen LogP contribution is 2.35. The molecule has 2 unspecified atom stereocenters. The molecule has 7 rings (SSSR count). The Balaban J connectivity index is 1.07. The molecule has 3 fully saturated rings. The molecule has 9 nitrogen and oxygen atoms in total. The minimum atomic E-state index is -4.51. The lowest BCUT2D eigenvalue weighted by Crippen LogP contribution is -2.39. The Kier molecular flexibility index (Phi) is 6.97. The van der Waals surface area contributed by atoms with Crippen LogP contribution in [0.1, 0.15) is 46.4 Å². The predicted molar refractivity (Wildman–Crippen MR) is 152 cm³/mol. The maximum absolute atomic E-state index is 15.0. The Hall–Kier alpha value is -4.55. The summed E-state index contributed by atoms with van der Waals surface area (Å²) in [6.45, 7) is 1.75. The minimum absolute atomic E-state index is 0.0475. The highest BCUT2D eigenvalue weighted by molar-refractivity contribution is 5.95. The van der Waals surface area contributed by atoms with E-state index >= 15 is 4.39 Å². The Bertz CT molecular complexity index is 1780. The fourth-order valence-corrected chi connectivity index (χ4v) is 6.22. The Morgan fingerprint density at radius 2 is 1.64 bits per heavy atom. The Labute approximate surface area is 249 Å². The molecular formula is C31H28F4N6O3. The molecule has 0 bridgehead atoms. The molecule has 0 radical (unpaired) electrons. The number of alkyl halides is 3. The van der Waals surface area contributed by atoms with Crippen molar-refractivity contribution in [1.29, 1.82) is 0 Å². The van der Waals surface area contributed by atoms with Crippen LogP contribution in [0.15, 0.2) is 59.7 Å². The third-order valence-corrected chi connectivity index (χ3v) is 8.81. The number of halogens is 4. The van der Waals surface area contributed by atoms with Gasteiger partial charge in [0.25, 0.3) is 5.91 Å². The van der Waals surface area contributed by atoms with Crippen molar-refractivity contribution >= 4 is 22.6 Å². The first-order chi connectivity index (χ1) is 21.1. The van der Waals surface area contributed by atoms with Crippen LogP contribution in [0.2, 0.25) is 0 Å². The van der Waals surface area contributed by atoms with Crippen molar-refractivity contribution in [2.75, 3.05) is 31.1 Å². The SMILES string of the molecule is O=C(c1cc(Cc2nn(OC3CCC3)c(=O)c3ccccc23)ccc1F)N1CC2CN(c3ncc(C(F)(F)F)cn3)CC2C1. The van der Waals surface area contributed by atoms with Gasteiger partial charge in [-0.3, -0.25) is 9.59 Å². The fourth-order valence-electron chi connectivity index (χ4n) is 6.22. The standard InChI is InChI=1S/C31H28F4N6O3/c32-26-9-8-18(11-27-23-6-1-2-7-24(23)29(43)41(38-27)44-22-4-3-5-22)10-25(26)28(42)39-14-19-16-40(17-20(19)15-39)30-36-12-21(13-37-30)31(33,34)35/h1-2,6-10,12-13,19-20,22H,3-5,11,14-17H2. The number of anilines is 1. The molecule has 2 aromatic heterocycles. The van der Waals surface area contributed by atoms with Gasteiger partial charge in [-0.25, -0.2) is 14.4 Å². The van der Waals surface area contributed by atoms with Crippen molar-refractivity contribution in [3.05, 3.63) is 93.4 Å². The normalized spacial score (nSPS) is 20.2. The number of aromatic nitrogens is 4. The van der Waals surface area contributed by atoms with Gasteiger partial charge in [0.05, 0.1) is 22.2 Å². The van der Waals surface area contributed by atoms with Crippen molar-refractivity contribution < 1.29 is 27.2 Å². The molecule has 44 heavy (non-hydrogen) atoms. The van der Waals surface area contributed by atoms with Crippen LogP contribution in [0, 0.1) is 17.7 Å². The van der Waals surface area contributed by atoms with Crippen LogP contribution >= 0.6 is 0 Å². The number of benzene rings is 2. The molecule has 0 spiro atoms. The van der Waals surface area contributed by atoms with Gasteiger partial charge in [-0.05, 0) is 43.0 Å². The molecular weight excluding hydrogens is 580 g/mol. The summed E-state index contributed by atoms with van der Waals surface area (Å²) < 4.78 is 53.7. The van der Waals surface area contributed by atoms with Gasteiger partial charge in [-0.15, -0.1) is 5.10 Å². The second-order valence-electron chi connectivity index (χ2n) is 11.7. The van der Waals surface area contributed by atoms with Crippen molar-refractivity contribution in [3.8, 4) is 0 Å². The molecule has 3 aliphatic rings. The van der Waals surface area contributed by atoms with Crippen LogP contribution in [-0.4, -0.2) is 63.0 Å². The zero-order valence-electron chi connectivity index (χ0n) is 23.5. The second kappa shape index (κ2) is 10.9. The summed E-state index contributed by atoms with van der Waals surface area (Å²) in [5.74, 6) is -0.722. The summed E-state index contributed by atoms with van der Waals surface area (Å²) in [6.07, 6.45) is -0.00647. The largest absolute Gasteiger partial charge is 0.419 e. The van der Waals surface area contributed by atoms with Gasteiger partial charge in [0, 0.05) is 62.2 Å². The van der Waals surface area contributed by atoms with E-state index < -0.39 is 23.5 Å². The first-order valence-electron chi connectivity index (χ1n) is 14.5. The van der Waals surface area contributed by atoms with Crippen molar-refractivity contribution in [1.82, 2.24) is 24.8 Å². The van der Waals surface area contributed by atoms with Gasteiger partial charge < -0.3 is 14.6 Å². The Morgan fingerprint density at radius 1 is 0.955 bits per heavy atom. The Morgan fingerprint density at radius 3 is 2.27 bits per heavy atom. The summed E-state index contributed by atoms with van der Waals surface area (Å²) in [6, 6.07) is 11.5. The molecule has 1 amide bonds. The highest BCUT2D eigenvalue weighted by atomic mass is 19.4. The molecule has 4 aromatic rings. The third kappa shape index (κ3) is 5.24. The molecule has 2 atom stereocenters. The first-order valence-corrected chi connectivity index (χ1v) is 14.5. The quantitative estimate of drug-likeness (QED) is 0.304. The molecule has 2 aromatic carbocycles. The topological polar surface area (TPSA) is 93.5 Å². The van der Waals surface area contributed by atoms with Crippen LogP contribution < -0.4 is 15.3 Å². The summed E-state index contributed by atoms with van der Waals surface area (Å²) in [4.78, 5) is 44.6. The van der Waals surface area contributed by atoms with E-state index in [-0.39, 0.29) is 41.4 Å². The molecule has 13 heteroatoms. The molecule has 1 aliphatic carbocycles. The van der Waals surface area contributed by atoms with Crippen molar-refractivity contribution in [2.45, 2.75) is 38.0 Å². The van der Waals surface area contributed by atoms with Crippen molar-refractivity contribution in [2.24, 2.45) is 11.8 Å². The number of hydrogen-bond donors (Lipinski definition) is 0. The molecule has 2 aliphatic heterocycles. The van der Waals surface area contributed by atoms with E-state index in [9.17, 15) is 22.8 Å². The second-order valence-corrected chi connectivity index (χ2v) is 11.7. The van der Waals surface area contributed by atoms with Gasteiger partial charge in [0.15, 0.2) is 0 Å². The lowest BCUT2D eigenvalue weighted by Gasteiger charge is -2.25. The summed E-state index contributed by atoms with van der Waals surface area (Å²) >= 11 is 0. The van der Waals surface area contributed by atoms with Crippen LogP contribution in [-0.2, 0) is 12.6 Å². The first kappa shape index (κ1) is 28.2. The van der Waals surface area contributed by atoms with Gasteiger partial charge in [0.1, 0.15) is 11.9 Å². The van der Waals surface area contributed by atoms with Gasteiger partial charge in [-0.1, -0.05) is 29.1 Å². The average Bonchev–Trinajstić information content (AvgIpc) is 3.57. The minimum Gasteiger partial charge on any atom is -0.390 e.